The number of hydrogen-bond donors (Lipinski definition) is 1. The van der Waals surface area contributed by atoms with Gasteiger partial charge in [-0.2, -0.15) is 0 Å². The molecule has 0 aromatic carbocycles. The van der Waals surface area contributed by atoms with E-state index < -0.39 is 27.8 Å². The summed E-state index contributed by atoms with van der Waals surface area (Å²) in [6.45, 7) is 0.0345. The molecule has 20 heavy (non-hydrogen) atoms. The lowest BCUT2D eigenvalue weighted by molar-refractivity contribution is -0.387. The highest BCUT2D eigenvalue weighted by Gasteiger charge is 2.18. The van der Waals surface area contributed by atoms with Crippen LogP contribution in [0, 0.1) is 10.1 Å². The van der Waals surface area contributed by atoms with E-state index in [1.54, 1.807) is 0 Å². The van der Waals surface area contributed by atoms with Gasteiger partial charge in [0.1, 0.15) is 0 Å². The molecule has 1 heterocycles. The van der Waals surface area contributed by atoms with Gasteiger partial charge in [0.05, 0.1) is 11.1 Å². The summed E-state index contributed by atoms with van der Waals surface area (Å²) >= 11 is 0. The maximum absolute atomic E-state index is 11.8. The van der Waals surface area contributed by atoms with E-state index in [0.717, 1.165) is 15.3 Å². The topological polar surface area (TPSA) is 124 Å². The SMILES string of the molecule is Cn1cc([N+](=O)[O-])c(=O)n(CCCCCC(=O)O)c1=O. The van der Waals surface area contributed by atoms with E-state index in [1.165, 1.54) is 7.05 Å². The third-order valence-electron chi connectivity index (χ3n) is 2.78. The predicted octanol–water partition coefficient (Wildman–Crippen LogP) is 0.100. The van der Waals surface area contributed by atoms with Gasteiger partial charge in [-0.05, 0) is 12.8 Å². The summed E-state index contributed by atoms with van der Waals surface area (Å²) in [5, 5.41) is 19.2. The fourth-order valence-electron chi connectivity index (χ4n) is 1.75. The molecule has 1 rings (SSSR count). The molecule has 1 aromatic rings. The zero-order valence-corrected chi connectivity index (χ0v) is 10.9. The molecule has 0 radical (unpaired) electrons. The molecule has 0 spiro atoms. The first-order valence-electron chi connectivity index (χ1n) is 6.01. The number of carboxylic acid groups (broad SMARTS) is 1. The molecule has 0 aliphatic heterocycles. The smallest absolute Gasteiger partial charge is 0.350 e. The Morgan fingerprint density at radius 2 is 2.00 bits per heavy atom. The highest BCUT2D eigenvalue weighted by atomic mass is 16.6. The van der Waals surface area contributed by atoms with Crippen LogP contribution in [0.1, 0.15) is 25.7 Å². The van der Waals surface area contributed by atoms with E-state index in [4.69, 9.17) is 5.11 Å². The van der Waals surface area contributed by atoms with Crippen LogP contribution < -0.4 is 11.2 Å². The Balaban J connectivity index is 2.84. The number of nitro groups is 1. The number of rotatable bonds is 7. The molecule has 0 bridgehead atoms. The molecular formula is C11H15N3O6. The molecule has 9 nitrogen and oxygen atoms in total. The van der Waals surface area contributed by atoms with Gasteiger partial charge in [0, 0.05) is 20.0 Å². The molecule has 0 amide bonds. The van der Waals surface area contributed by atoms with Gasteiger partial charge in [-0.25, -0.2) is 4.79 Å². The van der Waals surface area contributed by atoms with Crippen molar-refractivity contribution >= 4 is 11.7 Å². The third kappa shape index (κ3) is 3.77. The molecule has 0 unspecified atom stereocenters. The normalized spacial score (nSPS) is 10.4. The first-order valence-corrected chi connectivity index (χ1v) is 6.01. The van der Waals surface area contributed by atoms with Gasteiger partial charge in [0.15, 0.2) is 0 Å². The summed E-state index contributed by atoms with van der Waals surface area (Å²) in [5.74, 6) is -0.909. The average molecular weight is 285 g/mol. The molecule has 0 aliphatic carbocycles. The molecule has 0 atom stereocenters. The van der Waals surface area contributed by atoms with E-state index in [2.05, 4.69) is 0 Å². The number of carboxylic acids is 1. The summed E-state index contributed by atoms with van der Waals surface area (Å²) in [6.07, 6.45) is 2.26. The average Bonchev–Trinajstić information content (AvgIpc) is 2.36. The minimum atomic E-state index is -0.934. The second-order valence-electron chi connectivity index (χ2n) is 4.33. The van der Waals surface area contributed by atoms with Crippen LogP contribution in [0.2, 0.25) is 0 Å². The summed E-state index contributed by atoms with van der Waals surface area (Å²) in [5.41, 5.74) is -2.21. The van der Waals surface area contributed by atoms with Gasteiger partial charge in [-0.3, -0.25) is 28.8 Å². The second kappa shape index (κ2) is 6.64. The highest BCUT2D eigenvalue weighted by molar-refractivity contribution is 5.66. The number of nitrogens with zero attached hydrogens (tertiary/aromatic N) is 3. The van der Waals surface area contributed by atoms with Crippen molar-refractivity contribution in [1.29, 1.82) is 0 Å². The second-order valence-corrected chi connectivity index (χ2v) is 4.33. The molecular weight excluding hydrogens is 270 g/mol. The summed E-state index contributed by atoms with van der Waals surface area (Å²) < 4.78 is 1.79. The molecule has 1 aromatic heterocycles. The van der Waals surface area contributed by atoms with E-state index in [-0.39, 0.29) is 13.0 Å². The maximum Gasteiger partial charge on any atom is 0.350 e. The van der Waals surface area contributed by atoms with Crippen molar-refractivity contribution in [1.82, 2.24) is 9.13 Å². The van der Waals surface area contributed by atoms with Crippen LogP contribution in [0.3, 0.4) is 0 Å². The first-order chi connectivity index (χ1) is 9.34. The molecule has 0 saturated carbocycles. The third-order valence-corrected chi connectivity index (χ3v) is 2.78. The molecule has 0 saturated heterocycles. The van der Waals surface area contributed by atoms with E-state index in [0.29, 0.717) is 19.3 Å². The monoisotopic (exact) mass is 285 g/mol. The highest BCUT2D eigenvalue weighted by Crippen LogP contribution is 2.03. The van der Waals surface area contributed by atoms with Crippen LogP contribution in [0.15, 0.2) is 15.8 Å². The Kier molecular flexibility index (Phi) is 5.18. The quantitative estimate of drug-likeness (QED) is 0.430. The number of aryl methyl sites for hydroxylation is 1. The number of aromatic nitrogens is 2. The van der Waals surface area contributed by atoms with Gasteiger partial charge in [-0.1, -0.05) is 6.42 Å². The Morgan fingerprint density at radius 3 is 2.55 bits per heavy atom. The standard InChI is InChI=1S/C11H15N3O6/c1-12-7-8(14(19)20)10(17)13(11(12)18)6-4-2-3-5-9(15)16/h7H,2-6H2,1H3,(H,15,16). The van der Waals surface area contributed by atoms with Gasteiger partial charge >= 0.3 is 22.9 Å². The van der Waals surface area contributed by atoms with Crippen molar-refractivity contribution in [2.24, 2.45) is 7.05 Å². The fourth-order valence-corrected chi connectivity index (χ4v) is 1.75. The van der Waals surface area contributed by atoms with Crippen molar-refractivity contribution in [2.75, 3.05) is 0 Å². The van der Waals surface area contributed by atoms with Crippen LogP contribution in [0.25, 0.3) is 0 Å². The lowest BCUT2D eigenvalue weighted by Crippen LogP contribution is -2.39. The van der Waals surface area contributed by atoms with E-state index >= 15 is 0 Å². The molecule has 0 aliphatic rings. The Hall–Kier alpha value is -2.45. The molecule has 1 N–H and O–H groups in total. The van der Waals surface area contributed by atoms with Crippen molar-refractivity contribution in [2.45, 2.75) is 32.2 Å². The van der Waals surface area contributed by atoms with Gasteiger partial charge < -0.3 is 5.11 Å². The Labute approximate surface area is 113 Å². The van der Waals surface area contributed by atoms with Crippen molar-refractivity contribution in [3.63, 3.8) is 0 Å². The first kappa shape index (κ1) is 15.6. The molecule has 110 valence electrons. The van der Waals surface area contributed by atoms with E-state index in [1.807, 2.05) is 0 Å². The maximum atomic E-state index is 11.8. The van der Waals surface area contributed by atoms with Gasteiger partial charge in [0.2, 0.25) is 0 Å². The Morgan fingerprint density at radius 1 is 1.35 bits per heavy atom. The molecule has 0 fully saturated rings. The molecule has 9 heteroatoms. The zero-order chi connectivity index (χ0) is 15.3. The van der Waals surface area contributed by atoms with Gasteiger partial charge in [0.25, 0.3) is 0 Å². The van der Waals surface area contributed by atoms with Crippen molar-refractivity contribution in [3.8, 4) is 0 Å². The van der Waals surface area contributed by atoms with E-state index in [9.17, 15) is 24.5 Å². The minimum Gasteiger partial charge on any atom is -0.481 e. The van der Waals surface area contributed by atoms with Crippen LogP contribution in [-0.2, 0) is 18.4 Å². The summed E-state index contributed by atoms with van der Waals surface area (Å²) in [6, 6.07) is 0. The lowest BCUT2D eigenvalue weighted by atomic mass is 10.2. The van der Waals surface area contributed by atoms with Crippen LogP contribution in [0.5, 0.6) is 0 Å². The van der Waals surface area contributed by atoms with Crippen LogP contribution in [-0.4, -0.2) is 25.1 Å². The summed E-state index contributed by atoms with van der Waals surface area (Å²) in [4.78, 5) is 43.7. The zero-order valence-electron chi connectivity index (χ0n) is 10.9. The largest absolute Gasteiger partial charge is 0.481 e. The fraction of sp³-hybridized carbons (Fsp3) is 0.545. The van der Waals surface area contributed by atoms with Crippen molar-refractivity contribution in [3.05, 3.63) is 37.1 Å². The minimum absolute atomic E-state index is 0.0157. The van der Waals surface area contributed by atoms with Crippen molar-refractivity contribution < 1.29 is 14.8 Å². The lowest BCUT2D eigenvalue weighted by Gasteiger charge is -2.06. The van der Waals surface area contributed by atoms with Crippen LogP contribution in [0.4, 0.5) is 5.69 Å². The number of aliphatic carboxylic acids is 1. The number of hydrogen-bond acceptors (Lipinski definition) is 5. The Bertz CT molecular complexity index is 630. The van der Waals surface area contributed by atoms with Gasteiger partial charge in [-0.15, -0.1) is 0 Å². The van der Waals surface area contributed by atoms with Crippen LogP contribution >= 0.6 is 0 Å². The number of unbranched alkanes of at least 4 members (excludes halogenated alkanes) is 2. The number of carbonyl (C=O) groups is 1. The predicted molar refractivity (Wildman–Crippen MR) is 68.7 cm³/mol. The summed E-state index contributed by atoms with van der Waals surface area (Å²) in [7, 11) is 1.33.